The predicted octanol–water partition coefficient (Wildman–Crippen LogP) is 1.24. The number of aromatic amines is 1. The van der Waals surface area contributed by atoms with E-state index in [9.17, 15) is 8.42 Å². The lowest BCUT2D eigenvalue weighted by Gasteiger charge is -2.06. The number of sulfonamides is 1. The van der Waals surface area contributed by atoms with E-state index in [0.717, 1.165) is 18.4 Å². The molecule has 2 N–H and O–H groups in total. The molecule has 0 atom stereocenters. The second kappa shape index (κ2) is 5.94. The summed E-state index contributed by atoms with van der Waals surface area (Å²) in [7, 11) is -3.51. The van der Waals surface area contributed by atoms with Crippen LogP contribution in [0.3, 0.4) is 0 Å². The molecule has 19 heavy (non-hydrogen) atoms. The average Bonchev–Trinajstić information content (AvgIpc) is 2.91. The molecule has 1 heterocycles. The Hall–Kier alpha value is -1.73. The zero-order valence-electron chi connectivity index (χ0n) is 10.6. The van der Waals surface area contributed by atoms with Crippen molar-refractivity contribution in [2.24, 2.45) is 0 Å². The molecule has 102 valence electrons. The summed E-state index contributed by atoms with van der Waals surface area (Å²) in [5.74, 6) is 0.478. The molecule has 0 unspecified atom stereocenters. The number of aryl methyl sites for hydroxylation is 1. The summed E-state index contributed by atoms with van der Waals surface area (Å²) in [6, 6.07) is 6.92. The quantitative estimate of drug-likeness (QED) is 0.833. The summed E-state index contributed by atoms with van der Waals surface area (Å²) in [6.07, 6.45) is 3.32. The summed E-state index contributed by atoms with van der Waals surface area (Å²) in [6.45, 7) is 2.18. The number of hydrogen-bond donors (Lipinski definition) is 2. The van der Waals surface area contributed by atoms with Crippen molar-refractivity contribution in [2.75, 3.05) is 0 Å². The summed E-state index contributed by atoms with van der Waals surface area (Å²) < 4.78 is 26.5. The Bertz CT molecular complexity index is 606. The number of benzene rings is 1. The molecule has 7 heteroatoms. The molecule has 2 aromatic rings. The van der Waals surface area contributed by atoms with Gasteiger partial charge in [-0.2, -0.15) is 5.10 Å². The second-order valence-electron chi connectivity index (χ2n) is 4.15. The summed E-state index contributed by atoms with van der Waals surface area (Å²) in [4.78, 5) is 4.11. The molecule has 1 aromatic heterocycles. The van der Waals surface area contributed by atoms with Crippen LogP contribution in [-0.2, 0) is 23.0 Å². The summed E-state index contributed by atoms with van der Waals surface area (Å²) in [5, 5.41) is 6.26. The zero-order valence-corrected chi connectivity index (χ0v) is 11.4. The molecule has 0 aliphatic heterocycles. The molecular formula is C12H16N4O2S. The Morgan fingerprint density at radius 3 is 2.58 bits per heavy atom. The van der Waals surface area contributed by atoms with Gasteiger partial charge in [-0.25, -0.2) is 18.1 Å². The fourth-order valence-electron chi connectivity index (χ4n) is 1.69. The largest absolute Gasteiger partial charge is 0.262 e. The molecule has 0 spiro atoms. The molecule has 1 aromatic carbocycles. The van der Waals surface area contributed by atoms with Crippen LogP contribution in [0, 0.1) is 0 Å². The van der Waals surface area contributed by atoms with Crippen molar-refractivity contribution in [1.29, 1.82) is 0 Å². The average molecular weight is 280 g/mol. The first-order valence-electron chi connectivity index (χ1n) is 6.04. The minimum absolute atomic E-state index is 0.0963. The van der Waals surface area contributed by atoms with Crippen LogP contribution in [0.2, 0.25) is 0 Å². The number of hydrogen-bond acceptors (Lipinski definition) is 4. The fourth-order valence-corrected chi connectivity index (χ4v) is 2.67. The Morgan fingerprint density at radius 1 is 1.26 bits per heavy atom. The van der Waals surface area contributed by atoms with Gasteiger partial charge in [0.25, 0.3) is 0 Å². The van der Waals surface area contributed by atoms with Gasteiger partial charge in [-0.1, -0.05) is 25.5 Å². The number of rotatable bonds is 6. The van der Waals surface area contributed by atoms with Gasteiger partial charge < -0.3 is 0 Å². The van der Waals surface area contributed by atoms with E-state index in [1.807, 2.05) is 12.1 Å². The summed E-state index contributed by atoms with van der Waals surface area (Å²) in [5.41, 5.74) is 1.14. The van der Waals surface area contributed by atoms with E-state index >= 15 is 0 Å². The molecule has 0 saturated carbocycles. The minimum atomic E-state index is -3.51. The minimum Gasteiger partial charge on any atom is -0.262 e. The molecule has 2 rings (SSSR count). The Balaban J connectivity index is 2.06. The maximum Gasteiger partial charge on any atom is 0.240 e. The third-order valence-corrected chi connectivity index (χ3v) is 4.08. The van der Waals surface area contributed by atoms with E-state index in [0.29, 0.717) is 5.82 Å². The number of nitrogens with zero attached hydrogens (tertiary/aromatic N) is 2. The third kappa shape index (κ3) is 3.62. The van der Waals surface area contributed by atoms with E-state index in [-0.39, 0.29) is 11.4 Å². The van der Waals surface area contributed by atoms with Crippen molar-refractivity contribution >= 4 is 10.0 Å². The van der Waals surface area contributed by atoms with Crippen LogP contribution in [0.1, 0.15) is 24.7 Å². The van der Waals surface area contributed by atoms with Crippen molar-refractivity contribution < 1.29 is 8.42 Å². The van der Waals surface area contributed by atoms with Crippen molar-refractivity contribution in [3.8, 4) is 0 Å². The van der Waals surface area contributed by atoms with Crippen LogP contribution in [0.5, 0.6) is 0 Å². The van der Waals surface area contributed by atoms with Crippen LogP contribution in [0.4, 0.5) is 0 Å². The van der Waals surface area contributed by atoms with Crippen molar-refractivity contribution in [3.63, 3.8) is 0 Å². The maximum atomic E-state index is 12.0. The van der Waals surface area contributed by atoms with E-state index in [2.05, 4.69) is 26.8 Å². The van der Waals surface area contributed by atoms with Crippen molar-refractivity contribution in [3.05, 3.63) is 42.0 Å². The van der Waals surface area contributed by atoms with Crippen LogP contribution < -0.4 is 4.72 Å². The maximum absolute atomic E-state index is 12.0. The second-order valence-corrected chi connectivity index (χ2v) is 5.92. The van der Waals surface area contributed by atoms with Crippen LogP contribution in [-0.4, -0.2) is 23.6 Å². The highest BCUT2D eigenvalue weighted by Gasteiger charge is 2.13. The highest BCUT2D eigenvalue weighted by Crippen LogP contribution is 2.12. The summed E-state index contributed by atoms with van der Waals surface area (Å²) >= 11 is 0. The zero-order chi connectivity index (χ0) is 13.7. The Kier molecular flexibility index (Phi) is 4.28. The molecular weight excluding hydrogens is 264 g/mol. The highest BCUT2D eigenvalue weighted by atomic mass is 32.2. The Morgan fingerprint density at radius 2 is 2.00 bits per heavy atom. The van der Waals surface area contributed by atoms with Gasteiger partial charge >= 0.3 is 0 Å². The molecule has 0 amide bonds. The van der Waals surface area contributed by atoms with Crippen molar-refractivity contribution in [1.82, 2.24) is 19.9 Å². The third-order valence-electron chi connectivity index (χ3n) is 2.67. The number of aromatic nitrogens is 3. The number of H-pyrrole nitrogens is 1. The molecule has 0 bridgehead atoms. The van der Waals surface area contributed by atoms with Gasteiger partial charge in [-0.15, -0.1) is 0 Å². The first-order chi connectivity index (χ1) is 9.12. The normalized spacial score (nSPS) is 11.6. The lowest BCUT2D eigenvalue weighted by Crippen LogP contribution is -2.23. The van der Waals surface area contributed by atoms with Gasteiger partial charge in [0.1, 0.15) is 12.2 Å². The predicted molar refractivity (Wildman–Crippen MR) is 70.8 cm³/mol. The number of nitrogens with one attached hydrogen (secondary N) is 2. The van der Waals surface area contributed by atoms with Gasteiger partial charge in [0.15, 0.2) is 0 Å². The van der Waals surface area contributed by atoms with E-state index in [4.69, 9.17) is 0 Å². The fraction of sp³-hybridized carbons (Fsp3) is 0.333. The lowest BCUT2D eigenvalue weighted by atomic mass is 10.1. The molecule has 0 fully saturated rings. The molecule has 0 saturated heterocycles. The lowest BCUT2D eigenvalue weighted by molar-refractivity contribution is 0.579. The first kappa shape index (κ1) is 13.7. The monoisotopic (exact) mass is 280 g/mol. The molecule has 0 aliphatic carbocycles. The van der Waals surface area contributed by atoms with Crippen LogP contribution >= 0.6 is 0 Å². The highest BCUT2D eigenvalue weighted by molar-refractivity contribution is 7.89. The van der Waals surface area contributed by atoms with Crippen LogP contribution in [0.15, 0.2) is 35.5 Å². The van der Waals surface area contributed by atoms with Gasteiger partial charge in [0, 0.05) is 0 Å². The van der Waals surface area contributed by atoms with Gasteiger partial charge in [-0.05, 0) is 24.1 Å². The van der Waals surface area contributed by atoms with E-state index in [1.165, 1.54) is 6.33 Å². The van der Waals surface area contributed by atoms with E-state index in [1.54, 1.807) is 12.1 Å². The topological polar surface area (TPSA) is 87.7 Å². The molecule has 0 radical (unpaired) electrons. The van der Waals surface area contributed by atoms with Gasteiger partial charge in [-0.3, -0.25) is 5.10 Å². The van der Waals surface area contributed by atoms with Gasteiger partial charge in [0.2, 0.25) is 10.0 Å². The SMILES string of the molecule is CCCc1ccc(S(=O)(=O)NCc2ncn[nH]2)cc1. The standard InChI is InChI=1S/C12H16N4O2S/c1-2-3-10-4-6-11(7-5-10)19(17,18)15-8-12-13-9-14-16-12/h4-7,9,15H,2-3,8H2,1H3,(H,13,14,16). The molecule has 6 nitrogen and oxygen atoms in total. The van der Waals surface area contributed by atoms with E-state index < -0.39 is 10.0 Å². The Labute approximate surface area is 112 Å². The van der Waals surface area contributed by atoms with Crippen molar-refractivity contribution in [2.45, 2.75) is 31.2 Å². The smallest absolute Gasteiger partial charge is 0.240 e. The molecule has 0 aliphatic rings. The van der Waals surface area contributed by atoms with Crippen LogP contribution in [0.25, 0.3) is 0 Å². The van der Waals surface area contributed by atoms with Gasteiger partial charge in [0.05, 0.1) is 11.4 Å². The first-order valence-corrected chi connectivity index (χ1v) is 7.53.